The van der Waals surface area contributed by atoms with Crippen LogP contribution in [0.5, 0.6) is 0 Å². The predicted octanol–water partition coefficient (Wildman–Crippen LogP) is 2.36. The standard InChI is InChI=1S/C10H22N2/c1-4-5-6-7-10(12-11)8-9(2)3/h8,10,12H,4-7,11H2,1-3H3. The molecule has 1 atom stereocenters. The van der Waals surface area contributed by atoms with E-state index in [4.69, 9.17) is 5.84 Å². The molecular formula is C10H22N2. The van der Waals surface area contributed by atoms with Crippen LogP contribution in [0.2, 0.25) is 0 Å². The van der Waals surface area contributed by atoms with Gasteiger partial charge in [0.1, 0.15) is 0 Å². The second kappa shape index (κ2) is 7.32. The van der Waals surface area contributed by atoms with Gasteiger partial charge in [0.25, 0.3) is 0 Å². The molecule has 3 N–H and O–H groups in total. The molecule has 2 nitrogen and oxygen atoms in total. The fourth-order valence-electron chi connectivity index (χ4n) is 1.23. The Bertz CT molecular complexity index is 126. The number of nitrogens with two attached hydrogens (primary N) is 1. The minimum atomic E-state index is 0.363. The van der Waals surface area contributed by atoms with E-state index in [2.05, 4.69) is 32.3 Å². The molecule has 2 heteroatoms. The van der Waals surface area contributed by atoms with Gasteiger partial charge in [-0.3, -0.25) is 11.3 Å². The van der Waals surface area contributed by atoms with Crippen molar-refractivity contribution in [3.8, 4) is 0 Å². The van der Waals surface area contributed by atoms with Crippen molar-refractivity contribution in [3.05, 3.63) is 11.6 Å². The van der Waals surface area contributed by atoms with Crippen molar-refractivity contribution in [2.75, 3.05) is 0 Å². The van der Waals surface area contributed by atoms with E-state index in [1.54, 1.807) is 0 Å². The van der Waals surface area contributed by atoms with Crippen LogP contribution in [-0.4, -0.2) is 6.04 Å². The van der Waals surface area contributed by atoms with Crippen LogP contribution in [0.3, 0.4) is 0 Å². The smallest absolute Gasteiger partial charge is 0.0392 e. The quantitative estimate of drug-likeness (QED) is 0.278. The topological polar surface area (TPSA) is 38.0 Å². The number of hydrazine groups is 1. The van der Waals surface area contributed by atoms with E-state index in [-0.39, 0.29) is 0 Å². The molecule has 0 aliphatic carbocycles. The van der Waals surface area contributed by atoms with Crippen LogP contribution < -0.4 is 11.3 Å². The van der Waals surface area contributed by atoms with Crippen LogP contribution in [0.4, 0.5) is 0 Å². The van der Waals surface area contributed by atoms with E-state index in [0.717, 1.165) is 6.42 Å². The van der Waals surface area contributed by atoms with Gasteiger partial charge in [-0.1, -0.05) is 37.8 Å². The lowest BCUT2D eigenvalue weighted by molar-refractivity contribution is 0.535. The Morgan fingerprint density at radius 2 is 2.08 bits per heavy atom. The third kappa shape index (κ3) is 6.38. The highest BCUT2D eigenvalue weighted by Crippen LogP contribution is 2.05. The maximum atomic E-state index is 5.41. The van der Waals surface area contributed by atoms with Gasteiger partial charge in [0, 0.05) is 6.04 Å². The van der Waals surface area contributed by atoms with Crippen LogP contribution in [0.1, 0.15) is 46.5 Å². The molecule has 0 radical (unpaired) electrons. The SMILES string of the molecule is CCCCCC(C=C(C)C)NN. The molecule has 0 aliphatic heterocycles. The zero-order valence-electron chi connectivity index (χ0n) is 8.56. The molecular weight excluding hydrogens is 148 g/mol. The van der Waals surface area contributed by atoms with Crippen molar-refractivity contribution >= 4 is 0 Å². The Balaban J connectivity index is 3.61. The molecule has 0 fully saturated rings. The largest absolute Gasteiger partial charge is 0.271 e. The van der Waals surface area contributed by atoms with E-state index >= 15 is 0 Å². The first kappa shape index (κ1) is 11.7. The van der Waals surface area contributed by atoms with Crippen molar-refractivity contribution in [2.24, 2.45) is 5.84 Å². The first-order chi connectivity index (χ1) is 5.70. The average Bonchev–Trinajstić information content (AvgIpc) is 2.02. The summed E-state index contributed by atoms with van der Waals surface area (Å²) in [4.78, 5) is 0. The third-order valence-electron chi connectivity index (χ3n) is 1.87. The molecule has 0 saturated heterocycles. The second-order valence-corrected chi connectivity index (χ2v) is 3.51. The van der Waals surface area contributed by atoms with E-state index in [1.165, 1.54) is 24.8 Å². The van der Waals surface area contributed by atoms with Crippen molar-refractivity contribution in [3.63, 3.8) is 0 Å². The lowest BCUT2D eigenvalue weighted by atomic mass is 10.1. The molecule has 0 aromatic heterocycles. The van der Waals surface area contributed by atoms with Gasteiger partial charge in [-0.25, -0.2) is 0 Å². The predicted molar refractivity (Wildman–Crippen MR) is 54.7 cm³/mol. The minimum Gasteiger partial charge on any atom is -0.271 e. The zero-order valence-corrected chi connectivity index (χ0v) is 8.56. The molecule has 1 unspecified atom stereocenters. The highest BCUT2D eigenvalue weighted by Gasteiger charge is 2.00. The maximum absolute atomic E-state index is 5.41. The first-order valence-electron chi connectivity index (χ1n) is 4.81. The molecule has 12 heavy (non-hydrogen) atoms. The maximum Gasteiger partial charge on any atom is 0.0392 e. The fourth-order valence-corrected chi connectivity index (χ4v) is 1.23. The number of hydrogen-bond donors (Lipinski definition) is 2. The van der Waals surface area contributed by atoms with Crippen molar-refractivity contribution < 1.29 is 0 Å². The lowest BCUT2D eigenvalue weighted by Crippen LogP contribution is -2.33. The number of unbranched alkanes of at least 4 members (excludes halogenated alkanes) is 2. The summed E-state index contributed by atoms with van der Waals surface area (Å²) in [6, 6.07) is 0.363. The Hall–Kier alpha value is -0.340. The fraction of sp³-hybridized carbons (Fsp3) is 0.800. The van der Waals surface area contributed by atoms with Crippen molar-refractivity contribution in [1.29, 1.82) is 0 Å². The van der Waals surface area contributed by atoms with Gasteiger partial charge in [0.05, 0.1) is 0 Å². The molecule has 0 spiro atoms. The highest BCUT2D eigenvalue weighted by molar-refractivity contribution is 5.00. The molecule has 0 aliphatic rings. The summed E-state index contributed by atoms with van der Waals surface area (Å²) in [6.07, 6.45) is 7.17. The van der Waals surface area contributed by atoms with Gasteiger partial charge in [-0.2, -0.15) is 0 Å². The second-order valence-electron chi connectivity index (χ2n) is 3.51. The summed E-state index contributed by atoms with van der Waals surface area (Å²) in [5.74, 6) is 5.41. The van der Waals surface area contributed by atoms with Crippen LogP contribution in [-0.2, 0) is 0 Å². The summed E-state index contributed by atoms with van der Waals surface area (Å²) in [5.41, 5.74) is 4.14. The van der Waals surface area contributed by atoms with Gasteiger partial charge >= 0.3 is 0 Å². The van der Waals surface area contributed by atoms with Gasteiger partial charge < -0.3 is 0 Å². The van der Waals surface area contributed by atoms with Gasteiger partial charge in [-0.05, 0) is 20.3 Å². The molecule has 0 aromatic carbocycles. The Morgan fingerprint density at radius 1 is 1.42 bits per heavy atom. The Morgan fingerprint density at radius 3 is 2.50 bits per heavy atom. The van der Waals surface area contributed by atoms with E-state index in [9.17, 15) is 0 Å². The van der Waals surface area contributed by atoms with E-state index in [1.807, 2.05) is 0 Å². The monoisotopic (exact) mass is 170 g/mol. The number of nitrogens with one attached hydrogen (secondary N) is 1. The summed E-state index contributed by atoms with van der Waals surface area (Å²) in [6.45, 7) is 6.42. The van der Waals surface area contributed by atoms with Gasteiger partial charge in [0.2, 0.25) is 0 Å². The Labute approximate surface area is 76.2 Å². The van der Waals surface area contributed by atoms with Crippen molar-refractivity contribution in [2.45, 2.75) is 52.5 Å². The van der Waals surface area contributed by atoms with Crippen LogP contribution in [0, 0.1) is 0 Å². The molecule has 0 bridgehead atoms. The van der Waals surface area contributed by atoms with E-state index < -0.39 is 0 Å². The molecule has 0 amide bonds. The van der Waals surface area contributed by atoms with Crippen molar-refractivity contribution in [1.82, 2.24) is 5.43 Å². The van der Waals surface area contributed by atoms with Crippen LogP contribution in [0.15, 0.2) is 11.6 Å². The van der Waals surface area contributed by atoms with Gasteiger partial charge in [0.15, 0.2) is 0 Å². The van der Waals surface area contributed by atoms with Crippen LogP contribution in [0.25, 0.3) is 0 Å². The third-order valence-corrected chi connectivity index (χ3v) is 1.87. The zero-order chi connectivity index (χ0) is 9.40. The van der Waals surface area contributed by atoms with E-state index in [0.29, 0.717) is 6.04 Å². The van der Waals surface area contributed by atoms with Gasteiger partial charge in [-0.15, -0.1) is 0 Å². The number of hydrogen-bond acceptors (Lipinski definition) is 2. The first-order valence-corrected chi connectivity index (χ1v) is 4.81. The molecule has 0 saturated carbocycles. The molecule has 0 rings (SSSR count). The lowest BCUT2D eigenvalue weighted by Gasteiger charge is -2.11. The molecule has 72 valence electrons. The minimum absolute atomic E-state index is 0.363. The Kier molecular flexibility index (Phi) is 7.11. The molecule has 0 heterocycles. The summed E-state index contributed by atoms with van der Waals surface area (Å²) in [5, 5.41) is 0. The summed E-state index contributed by atoms with van der Waals surface area (Å²) < 4.78 is 0. The van der Waals surface area contributed by atoms with Crippen LogP contribution >= 0.6 is 0 Å². The number of allylic oxidation sites excluding steroid dienone is 1. The normalized spacial score (nSPS) is 12.7. The molecule has 0 aromatic rings. The summed E-state index contributed by atoms with van der Waals surface area (Å²) >= 11 is 0. The summed E-state index contributed by atoms with van der Waals surface area (Å²) in [7, 11) is 0. The number of rotatable bonds is 6. The highest BCUT2D eigenvalue weighted by atomic mass is 15.2. The average molecular weight is 170 g/mol.